The van der Waals surface area contributed by atoms with Crippen LogP contribution in [0.25, 0.3) is 0 Å². The number of rotatable bonds is 4. The van der Waals surface area contributed by atoms with Gasteiger partial charge in [-0.1, -0.05) is 74.3 Å². The van der Waals surface area contributed by atoms with E-state index in [-0.39, 0.29) is 11.6 Å². The molecule has 0 saturated carbocycles. The Balaban J connectivity index is 1.98. The highest BCUT2D eigenvalue weighted by molar-refractivity contribution is 9.10. The van der Waals surface area contributed by atoms with E-state index in [1.807, 2.05) is 36.4 Å². The van der Waals surface area contributed by atoms with Gasteiger partial charge in [0.25, 0.3) is 0 Å². The fourth-order valence-corrected chi connectivity index (χ4v) is 3.33. The van der Waals surface area contributed by atoms with E-state index >= 15 is 0 Å². The molecule has 0 atom stereocenters. The topological polar surface area (TPSA) is 34.1 Å². The summed E-state index contributed by atoms with van der Waals surface area (Å²) in [6, 6.07) is 21.3. The third kappa shape index (κ3) is 3.40. The zero-order valence-corrected chi connectivity index (χ0v) is 15.7. The number of benzene rings is 3. The highest BCUT2D eigenvalue weighted by atomic mass is 79.9. The molecule has 0 heterocycles. The maximum atomic E-state index is 12.7. The number of ketones is 2. The van der Waals surface area contributed by atoms with Crippen LogP contribution in [0.4, 0.5) is 0 Å². The van der Waals surface area contributed by atoms with Gasteiger partial charge in [-0.3, -0.25) is 9.59 Å². The van der Waals surface area contributed by atoms with Crippen molar-refractivity contribution >= 4 is 43.4 Å². The lowest BCUT2D eigenvalue weighted by Gasteiger charge is -2.07. The monoisotopic (exact) mass is 442 g/mol. The van der Waals surface area contributed by atoms with Crippen LogP contribution in [0.5, 0.6) is 0 Å². The van der Waals surface area contributed by atoms with E-state index in [0.29, 0.717) is 22.3 Å². The molecule has 0 N–H and O–H groups in total. The molecule has 118 valence electrons. The third-order valence-corrected chi connectivity index (χ3v) is 5.01. The molecule has 24 heavy (non-hydrogen) atoms. The van der Waals surface area contributed by atoms with Gasteiger partial charge in [0.2, 0.25) is 0 Å². The molecule has 3 rings (SSSR count). The minimum Gasteiger partial charge on any atom is -0.289 e. The van der Waals surface area contributed by atoms with Crippen molar-refractivity contribution in [1.82, 2.24) is 0 Å². The molecule has 4 heteroatoms. The van der Waals surface area contributed by atoms with E-state index < -0.39 is 0 Å². The second-order valence-corrected chi connectivity index (χ2v) is 6.91. The van der Waals surface area contributed by atoms with Crippen molar-refractivity contribution in [3.63, 3.8) is 0 Å². The molecule has 0 spiro atoms. The van der Waals surface area contributed by atoms with E-state index in [2.05, 4.69) is 31.9 Å². The van der Waals surface area contributed by atoms with Crippen molar-refractivity contribution in [3.05, 3.63) is 104 Å². The highest BCUT2D eigenvalue weighted by Gasteiger charge is 2.16. The lowest BCUT2D eigenvalue weighted by Crippen LogP contribution is -2.06. The minimum atomic E-state index is -0.121. The van der Waals surface area contributed by atoms with Gasteiger partial charge in [-0.25, -0.2) is 0 Å². The Morgan fingerprint density at radius 1 is 0.583 bits per heavy atom. The van der Waals surface area contributed by atoms with E-state index in [1.54, 1.807) is 36.4 Å². The Kier molecular flexibility index (Phi) is 5.07. The molecule has 0 unspecified atom stereocenters. The van der Waals surface area contributed by atoms with E-state index in [1.165, 1.54) is 0 Å². The fourth-order valence-electron chi connectivity index (χ4n) is 2.40. The normalized spacial score (nSPS) is 10.4. The maximum absolute atomic E-state index is 12.7. The summed E-state index contributed by atoms with van der Waals surface area (Å²) in [5.41, 5.74) is 2.12. The van der Waals surface area contributed by atoms with Gasteiger partial charge in [0.05, 0.1) is 0 Å². The first-order valence-corrected chi connectivity index (χ1v) is 8.85. The molecule has 3 aromatic rings. The fraction of sp³-hybridized carbons (Fsp3) is 0. The number of hydrogen-bond donors (Lipinski definition) is 0. The van der Waals surface area contributed by atoms with Gasteiger partial charge in [-0.2, -0.15) is 0 Å². The Hall–Kier alpha value is -2.04. The summed E-state index contributed by atoms with van der Waals surface area (Å²) >= 11 is 6.79. The lowest BCUT2D eigenvalue weighted by atomic mass is 9.97. The molecule has 0 fully saturated rings. The van der Waals surface area contributed by atoms with Crippen molar-refractivity contribution < 1.29 is 9.59 Å². The standard InChI is InChI=1S/C20H12Br2O2/c21-17-10-3-1-8-15(17)19(23)13-6-5-7-14(12-13)20(24)16-9-2-4-11-18(16)22/h1-12H. The summed E-state index contributed by atoms with van der Waals surface area (Å²) in [4.78, 5) is 25.4. The summed E-state index contributed by atoms with van der Waals surface area (Å²) < 4.78 is 1.47. The van der Waals surface area contributed by atoms with Gasteiger partial charge in [-0.15, -0.1) is 0 Å². The van der Waals surface area contributed by atoms with Crippen molar-refractivity contribution in [2.24, 2.45) is 0 Å². The van der Waals surface area contributed by atoms with Crippen molar-refractivity contribution in [1.29, 1.82) is 0 Å². The summed E-state index contributed by atoms with van der Waals surface area (Å²) in [6.45, 7) is 0. The Morgan fingerprint density at radius 2 is 1.00 bits per heavy atom. The molecule has 0 aliphatic heterocycles. The first kappa shape index (κ1) is 16.8. The molecule has 0 bridgehead atoms. The Labute approximate surface area is 156 Å². The van der Waals surface area contributed by atoms with E-state index in [4.69, 9.17) is 0 Å². The van der Waals surface area contributed by atoms with Crippen LogP contribution in [0.3, 0.4) is 0 Å². The van der Waals surface area contributed by atoms with Crippen LogP contribution in [-0.4, -0.2) is 11.6 Å². The van der Waals surface area contributed by atoms with Crippen LogP contribution in [-0.2, 0) is 0 Å². The van der Waals surface area contributed by atoms with Gasteiger partial charge in [0, 0.05) is 31.2 Å². The largest absolute Gasteiger partial charge is 0.289 e. The first-order chi connectivity index (χ1) is 11.6. The second-order valence-electron chi connectivity index (χ2n) is 5.20. The third-order valence-electron chi connectivity index (χ3n) is 3.62. The molecule has 0 aliphatic rings. The average Bonchev–Trinajstić information content (AvgIpc) is 2.61. The van der Waals surface area contributed by atoms with Crippen LogP contribution >= 0.6 is 31.9 Å². The number of halogens is 2. The van der Waals surface area contributed by atoms with Gasteiger partial charge in [0.1, 0.15) is 0 Å². The Morgan fingerprint density at radius 3 is 1.42 bits per heavy atom. The summed E-state index contributed by atoms with van der Waals surface area (Å²) in [5, 5.41) is 0. The molecule has 3 aromatic carbocycles. The zero-order valence-electron chi connectivity index (χ0n) is 12.5. The van der Waals surface area contributed by atoms with E-state index in [9.17, 15) is 9.59 Å². The van der Waals surface area contributed by atoms with Gasteiger partial charge < -0.3 is 0 Å². The number of carbonyl (C=O) groups excluding carboxylic acids is 2. The average molecular weight is 444 g/mol. The zero-order chi connectivity index (χ0) is 17.1. The SMILES string of the molecule is O=C(c1cccc(C(=O)c2ccccc2Br)c1)c1ccccc1Br. The summed E-state index contributed by atoms with van der Waals surface area (Å²) in [5.74, 6) is -0.242. The quantitative estimate of drug-likeness (QED) is 0.486. The van der Waals surface area contributed by atoms with Crippen LogP contribution in [0.2, 0.25) is 0 Å². The summed E-state index contributed by atoms with van der Waals surface area (Å²) in [6.07, 6.45) is 0. The molecular formula is C20H12Br2O2. The van der Waals surface area contributed by atoms with Crippen molar-refractivity contribution in [2.75, 3.05) is 0 Å². The first-order valence-electron chi connectivity index (χ1n) is 7.26. The predicted octanol–water partition coefficient (Wildman–Crippen LogP) is 5.67. The van der Waals surface area contributed by atoms with Gasteiger partial charge in [-0.05, 0) is 30.3 Å². The van der Waals surface area contributed by atoms with Crippen molar-refractivity contribution in [2.45, 2.75) is 0 Å². The van der Waals surface area contributed by atoms with Crippen LogP contribution in [0.15, 0.2) is 81.7 Å². The second kappa shape index (κ2) is 7.24. The van der Waals surface area contributed by atoms with E-state index in [0.717, 1.165) is 8.95 Å². The van der Waals surface area contributed by atoms with Crippen LogP contribution in [0, 0.1) is 0 Å². The molecular weight excluding hydrogens is 432 g/mol. The molecule has 0 amide bonds. The molecule has 0 aliphatic carbocycles. The lowest BCUT2D eigenvalue weighted by molar-refractivity contribution is 0.103. The number of hydrogen-bond acceptors (Lipinski definition) is 2. The van der Waals surface area contributed by atoms with Gasteiger partial charge in [0.15, 0.2) is 11.6 Å². The predicted molar refractivity (Wildman–Crippen MR) is 102 cm³/mol. The Bertz CT molecular complexity index is 859. The number of carbonyl (C=O) groups is 2. The van der Waals surface area contributed by atoms with Crippen LogP contribution in [0.1, 0.15) is 31.8 Å². The summed E-state index contributed by atoms with van der Waals surface area (Å²) in [7, 11) is 0. The maximum Gasteiger partial charge on any atom is 0.194 e. The molecule has 2 nitrogen and oxygen atoms in total. The molecule has 0 saturated heterocycles. The minimum absolute atomic E-state index is 0.121. The van der Waals surface area contributed by atoms with Crippen molar-refractivity contribution in [3.8, 4) is 0 Å². The highest BCUT2D eigenvalue weighted by Crippen LogP contribution is 2.23. The van der Waals surface area contributed by atoms with Crippen LogP contribution < -0.4 is 0 Å². The van der Waals surface area contributed by atoms with Gasteiger partial charge >= 0.3 is 0 Å². The molecule has 0 radical (unpaired) electrons. The molecule has 0 aromatic heterocycles. The smallest absolute Gasteiger partial charge is 0.194 e.